The van der Waals surface area contributed by atoms with Crippen molar-refractivity contribution in [3.05, 3.63) is 53.7 Å². The second kappa shape index (κ2) is 7.98. The minimum atomic E-state index is -0.242. The van der Waals surface area contributed by atoms with Crippen LogP contribution in [-0.2, 0) is 11.2 Å². The Morgan fingerprint density at radius 3 is 2.86 bits per heavy atom. The molecule has 28 heavy (non-hydrogen) atoms. The molecule has 2 heterocycles. The van der Waals surface area contributed by atoms with Crippen molar-refractivity contribution in [1.29, 1.82) is 0 Å². The average molecular weight is 381 g/mol. The van der Waals surface area contributed by atoms with Crippen LogP contribution in [0, 0.1) is 0 Å². The Morgan fingerprint density at radius 2 is 2.04 bits per heavy atom. The Bertz CT molecular complexity index is 985. The van der Waals surface area contributed by atoms with Gasteiger partial charge in [0.2, 0.25) is 5.89 Å². The van der Waals surface area contributed by atoms with Gasteiger partial charge in [-0.15, -0.1) is 10.2 Å². The summed E-state index contributed by atoms with van der Waals surface area (Å²) in [6.07, 6.45) is 1.37. The van der Waals surface area contributed by atoms with Crippen LogP contribution in [0.3, 0.4) is 0 Å². The van der Waals surface area contributed by atoms with Gasteiger partial charge in [0.25, 0.3) is 0 Å². The number of benzene rings is 2. The second-order valence-electron chi connectivity index (χ2n) is 6.83. The fourth-order valence-corrected chi connectivity index (χ4v) is 3.40. The summed E-state index contributed by atoms with van der Waals surface area (Å²) in [6.45, 7) is 3.45. The van der Waals surface area contributed by atoms with Gasteiger partial charge in [-0.25, -0.2) is 0 Å². The van der Waals surface area contributed by atoms with Crippen molar-refractivity contribution in [3.8, 4) is 5.75 Å². The molecule has 1 aliphatic rings. The maximum atomic E-state index is 12.7. The summed E-state index contributed by atoms with van der Waals surface area (Å²) in [7, 11) is 1.66. The van der Waals surface area contributed by atoms with Crippen LogP contribution in [0.4, 0.5) is 0 Å². The number of amides is 1. The number of rotatable bonds is 5. The van der Waals surface area contributed by atoms with E-state index < -0.39 is 0 Å². The van der Waals surface area contributed by atoms with E-state index in [0.717, 1.165) is 28.5 Å². The Labute approximate surface area is 163 Å². The summed E-state index contributed by atoms with van der Waals surface area (Å²) in [6, 6.07) is 12.1. The van der Waals surface area contributed by atoms with Crippen LogP contribution in [-0.4, -0.2) is 47.8 Å². The molecule has 7 nitrogen and oxygen atoms in total. The van der Waals surface area contributed by atoms with Gasteiger partial charge in [0.05, 0.1) is 20.3 Å². The van der Waals surface area contributed by atoms with E-state index in [1.54, 1.807) is 12.0 Å². The molecular formula is C21H23N3O4. The zero-order valence-corrected chi connectivity index (χ0v) is 16.1. The number of hydrogen-bond donors (Lipinski definition) is 0. The van der Waals surface area contributed by atoms with Gasteiger partial charge in [0.15, 0.2) is 0 Å². The maximum Gasteiger partial charge on any atom is 0.311 e. The van der Waals surface area contributed by atoms with Gasteiger partial charge < -0.3 is 18.8 Å². The van der Waals surface area contributed by atoms with Crippen LogP contribution >= 0.6 is 0 Å². The molecular weight excluding hydrogens is 358 g/mol. The third kappa shape index (κ3) is 3.71. The molecule has 1 aromatic heterocycles. The molecule has 0 radical (unpaired) electrons. The summed E-state index contributed by atoms with van der Waals surface area (Å²) >= 11 is 0. The lowest BCUT2D eigenvalue weighted by Gasteiger charge is -2.32. The molecule has 1 amide bonds. The van der Waals surface area contributed by atoms with Gasteiger partial charge in [-0.3, -0.25) is 4.79 Å². The molecule has 0 saturated carbocycles. The lowest BCUT2D eigenvalue weighted by molar-refractivity contribution is -0.0240. The lowest BCUT2D eigenvalue weighted by Crippen LogP contribution is -2.42. The van der Waals surface area contributed by atoms with Crippen LogP contribution in [0.25, 0.3) is 10.8 Å². The molecule has 3 aromatic rings. The molecule has 146 valence electrons. The van der Waals surface area contributed by atoms with Crippen LogP contribution < -0.4 is 4.74 Å². The number of aromatic nitrogens is 2. The quantitative estimate of drug-likeness (QED) is 0.674. The third-order valence-corrected chi connectivity index (χ3v) is 4.91. The number of carbonyl (C=O) groups is 1. The number of aryl methyl sites for hydroxylation is 1. The Hall–Kier alpha value is -2.93. The standard InChI is InChI=1S/C21H23N3O4/c1-3-4-19-22-23-20(28-19)21(25)24-9-10-27-18(13-24)16-6-5-15-12-17(26-2)8-7-14(15)11-16/h5-8,11-12,18H,3-4,9-10,13H2,1-2H3/t18-/m0/s1. The number of morpholine rings is 1. The smallest absolute Gasteiger partial charge is 0.311 e. The number of hydrogen-bond acceptors (Lipinski definition) is 6. The van der Waals surface area contributed by atoms with E-state index in [1.807, 2.05) is 37.3 Å². The van der Waals surface area contributed by atoms with E-state index >= 15 is 0 Å². The second-order valence-corrected chi connectivity index (χ2v) is 6.83. The lowest BCUT2D eigenvalue weighted by atomic mass is 10.0. The van der Waals surface area contributed by atoms with Crippen molar-refractivity contribution in [2.75, 3.05) is 26.8 Å². The third-order valence-electron chi connectivity index (χ3n) is 4.91. The molecule has 0 N–H and O–H groups in total. The van der Waals surface area contributed by atoms with Crippen molar-refractivity contribution < 1.29 is 18.7 Å². The summed E-state index contributed by atoms with van der Waals surface area (Å²) in [4.78, 5) is 14.5. The van der Waals surface area contributed by atoms with Gasteiger partial charge in [0.1, 0.15) is 11.9 Å². The number of nitrogens with zero attached hydrogens (tertiary/aromatic N) is 3. The molecule has 7 heteroatoms. The minimum absolute atomic E-state index is 0.0507. The van der Waals surface area contributed by atoms with Gasteiger partial charge in [-0.05, 0) is 41.0 Å². The van der Waals surface area contributed by atoms with Crippen molar-refractivity contribution in [3.63, 3.8) is 0 Å². The number of carbonyl (C=O) groups excluding carboxylic acids is 1. The van der Waals surface area contributed by atoms with Crippen LogP contribution in [0.5, 0.6) is 5.75 Å². The molecule has 0 aliphatic carbocycles. The summed E-state index contributed by atoms with van der Waals surface area (Å²) in [5.74, 6) is 1.14. The van der Waals surface area contributed by atoms with Crippen LogP contribution in [0.2, 0.25) is 0 Å². The van der Waals surface area contributed by atoms with Gasteiger partial charge in [-0.1, -0.05) is 25.1 Å². The first kappa shape index (κ1) is 18.4. The van der Waals surface area contributed by atoms with E-state index in [-0.39, 0.29) is 17.9 Å². The normalized spacial score (nSPS) is 17.1. The minimum Gasteiger partial charge on any atom is -0.497 e. The van der Waals surface area contributed by atoms with Crippen molar-refractivity contribution in [1.82, 2.24) is 15.1 Å². The molecule has 0 bridgehead atoms. The molecule has 4 rings (SSSR count). The Morgan fingerprint density at radius 1 is 1.21 bits per heavy atom. The summed E-state index contributed by atoms with van der Waals surface area (Å²) < 4.78 is 16.7. The van der Waals surface area contributed by atoms with Gasteiger partial charge >= 0.3 is 11.8 Å². The molecule has 1 aliphatic heterocycles. The number of fused-ring (bicyclic) bond motifs is 1. The molecule has 1 fully saturated rings. The van der Waals surface area contributed by atoms with Crippen molar-refractivity contribution in [2.45, 2.75) is 25.9 Å². The highest BCUT2D eigenvalue weighted by atomic mass is 16.5. The van der Waals surface area contributed by atoms with Crippen molar-refractivity contribution >= 4 is 16.7 Å². The first-order valence-electron chi connectivity index (χ1n) is 9.49. The summed E-state index contributed by atoms with van der Waals surface area (Å²) in [5, 5.41) is 10.0. The Kier molecular flexibility index (Phi) is 5.25. The molecule has 1 saturated heterocycles. The predicted octanol–water partition coefficient (Wildman–Crippen LogP) is 3.40. The monoisotopic (exact) mass is 381 g/mol. The van der Waals surface area contributed by atoms with E-state index in [4.69, 9.17) is 13.9 Å². The highest BCUT2D eigenvalue weighted by Gasteiger charge is 2.29. The highest BCUT2D eigenvalue weighted by molar-refractivity contribution is 5.89. The average Bonchev–Trinajstić information content (AvgIpc) is 3.21. The molecule has 0 spiro atoms. The van der Waals surface area contributed by atoms with E-state index in [9.17, 15) is 4.79 Å². The zero-order chi connectivity index (χ0) is 19.5. The van der Waals surface area contributed by atoms with E-state index in [1.165, 1.54) is 0 Å². The van der Waals surface area contributed by atoms with Crippen LogP contribution in [0.1, 0.15) is 41.6 Å². The van der Waals surface area contributed by atoms with Gasteiger partial charge in [-0.2, -0.15) is 0 Å². The van der Waals surface area contributed by atoms with Crippen LogP contribution in [0.15, 0.2) is 40.8 Å². The van der Waals surface area contributed by atoms with E-state index in [2.05, 4.69) is 16.3 Å². The number of ether oxygens (including phenoxy) is 2. The molecule has 0 unspecified atom stereocenters. The number of methoxy groups -OCH3 is 1. The summed E-state index contributed by atoms with van der Waals surface area (Å²) in [5.41, 5.74) is 1.03. The Balaban J connectivity index is 1.51. The molecule has 1 atom stereocenters. The zero-order valence-electron chi connectivity index (χ0n) is 16.1. The van der Waals surface area contributed by atoms with Crippen molar-refractivity contribution in [2.24, 2.45) is 0 Å². The first-order valence-corrected chi connectivity index (χ1v) is 9.49. The van der Waals surface area contributed by atoms with Gasteiger partial charge in [0, 0.05) is 13.0 Å². The maximum absolute atomic E-state index is 12.7. The first-order chi connectivity index (χ1) is 13.7. The fraction of sp³-hybridized carbons (Fsp3) is 0.381. The van der Waals surface area contributed by atoms with E-state index in [0.29, 0.717) is 32.0 Å². The largest absolute Gasteiger partial charge is 0.497 e. The predicted molar refractivity (Wildman–Crippen MR) is 103 cm³/mol. The molecule has 2 aromatic carbocycles. The fourth-order valence-electron chi connectivity index (χ4n) is 3.40. The SMILES string of the molecule is CCCc1nnc(C(=O)N2CCO[C@H](c3ccc4cc(OC)ccc4c3)C2)o1. The highest BCUT2D eigenvalue weighted by Crippen LogP contribution is 2.28. The topological polar surface area (TPSA) is 77.7 Å².